The van der Waals surface area contributed by atoms with Gasteiger partial charge in [0.1, 0.15) is 42.9 Å². The first-order chi connectivity index (χ1) is 33.5. The standard InChI is InChI=1S/C48H60F2N10O11/c1-6-38(63)52-17-18-53-46(70)34(56-47(71)35(22-37(51)62)57-45(69)28(2)55-39(64)23-54-40(65)26-60-41(66)14-15-42(60)67)16-19-59(43(68)27-61)44(48(3,4)5)36-20-30(32-21-31(49)12-13-33(32)50)25-58(36)24-29-10-8-7-9-11-29/h7-15,20-21,25,28,34-35,44,61H,6,16-19,22-24,26-27H2,1-5H3,(H2,51,62)(H,52,63)(H,53,70)(H,54,65)(H,55,64)(H,56,71)(H,57,69)/t28-,34-,35-,44-/m0/s1. The second-order valence-corrected chi connectivity index (χ2v) is 17.6. The summed E-state index contributed by atoms with van der Waals surface area (Å²) < 4.78 is 31.6. The van der Waals surface area contributed by atoms with Crippen molar-refractivity contribution in [3.8, 4) is 11.1 Å². The second-order valence-electron chi connectivity index (χ2n) is 17.6. The second kappa shape index (κ2) is 25.7. The number of hydrogen-bond donors (Lipinski definition) is 8. The molecule has 23 heteroatoms. The smallest absolute Gasteiger partial charge is 0.254 e. The summed E-state index contributed by atoms with van der Waals surface area (Å²) in [6.07, 6.45) is 2.60. The Hall–Kier alpha value is -7.82. The molecule has 21 nitrogen and oxygen atoms in total. The minimum absolute atomic E-state index is 0.00410. The molecule has 9 N–H and O–H groups in total. The van der Waals surface area contributed by atoms with Crippen molar-refractivity contribution in [1.82, 2.24) is 46.3 Å². The molecule has 0 saturated heterocycles. The van der Waals surface area contributed by atoms with E-state index in [0.29, 0.717) is 10.6 Å². The molecule has 2 aromatic carbocycles. The van der Waals surface area contributed by atoms with Crippen LogP contribution >= 0.6 is 0 Å². The molecule has 0 fully saturated rings. The molecule has 1 aromatic heterocycles. The zero-order valence-corrected chi connectivity index (χ0v) is 40.0. The van der Waals surface area contributed by atoms with Gasteiger partial charge in [-0.3, -0.25) is 52.8 Å². The molecule has 1 aliphatic heterocycles. The molecule has 10 amide bonds. The van der Waals surface area contributed by atoms with Crippen LogP contribution in [-0.4, -0.2) is 136 Å². The fourth-order valence-corrected chi connectivity index (χ4v) is 7.58. The molecule has 0 bridgehead atoms. The summed E-state index contributed by atoms with van der Waals surface area (Å²) in [7, 11) is 0. The monoisotopic (exact) mass is 990 g/mol. The molecule has 4 atom stereocenters. The quantitative estimate of drug-likeness (QED) is 0.0407. The molecule has 0 saturated carbocycles. The first kappa shape index (κ1) is 55.8. The lowest BCUT2D eigenvalue weighted by Crippen LogP contribution is -2.58. The maximum absolute atomic E-state index is 15.3. The first-order valence-corrected chi connectivity index (χ1v) is 22.7. The number of nitrogens with one attached hydrogen (secondary N) is 6. The van der Waals surface area contributed by atoms with E-state index < -0.39 is 120 Å². The third kappa shape index (κ3) is 16.4. The van der Waals surface area contributed by atoms with Gasteiger partial charge in [-0.1, -0.05) is 58.0 Å². The van der Waals surface area contributed by atoms with Crippen molar-refractivity contribution in [1.29, 1.82) is 0 Å². The Morgan fingerprint density at radius 1 is 0.789 bits per heavy atom. The number of primary amides is 1. The molecular formula is C48H60F2N10O11. The minimum atomic E-state index is -1.73. The van der Waals surface area contributed by atoms with Crippen LogP contribution in [0, 0.1) is 17.0 Å². The van der Waals surface area contributed by atoms with E-state index in [9.17, 15) is 57.4 Å². The number of amides is 10. The lowest BCUT2D eigenvalue weighted by Gasteiger charge is -2.41. The topological polar surface area (TPSA) is 301 Å². The minimum Gasteiger partial charge on any atom is -0.387 e. The molecule has 2 heterocycles. The highest BCUT2D eigenvalue weighted by atomic mass is 19.1. The molecule has 0 radical (unpaired) electrons. The number of carbonyl (C=O) groups excluding carboxylic acids is 10. The van der Waals surface area contributed by atoms with E-state index in [1.54, 1.807) is 23.8 Å². The van der Waals surface area contributed by atoms with Gasteiger partial charge < -0.3 is 52.2 Å². The van der Waals surface area contributed by atoms with E-state index in [4.69, 9.17) is 5.73 Å². The van der Waals surface area contributed by atoms with Gasteiger partial charge >= 0.3 is 0 Å². The first-order valence-electron chi connectivity index (χ1n) is 22.7. The number of aromatic nitrogens is 1. The average molecular weight is 991 g/mol. The maximum atomic E-state index is 15.3. The molecule has 3 aromatic rings. The van der Waals surface area contributed by atoms with Gasteiger partial charge in [-0.25, -0.2) is 8.78 Å². The predicted molar refractivity (Wildman–Crippen MR) is 251 cm³/mol. The van der Waals surface area contributed by atoms with Gasteiger partial charge in [-0.15, -0.1) is 0 Å². The molecule has 71 heavy (non-hydrogen) atoms. The van der Waals surface area contributed by atoms with Crippen LogP contribution < -0.4 is 37.6 Å². The number of rotatable bonds is 25. The maximum Gasteiger partial charge on any atom is 0.254 e. The third-order valence-electron chi connectivity index (χ3n) is 11.0. The normalized spacial score (nSPS) is 13.9. The lowest BCUT2D eigenvalue weighted by atomic mass is 9.82. The summed E-state index contributed by atoms with van der Waals surface area (Å²) >= 11 is 0. The van der Waals surface area contributed by atoms with Crippen molar-refractivity contribution >= 4 is 59.1 Å². The number of hydrogen-bond acceptors (Lipinski definition) is 11. The van der Waals surface area contributed by atoms with E-state index in [-0.39, 0.29) is 56.1 Å². The number of aliphatic hydroxyl groups excluding tert-OH is 1. The van der Waals surface area contributed by atoms with E-state index in [1.165, 1.54) is 11.8 Å². The summed E-state index contributed by atoms with van der Waals surface area (Å²) in [6.45, 7) is 5.71. The van der Waals surface area contributed by atoms with Gasteiger partial charge in [-0.2, -0.15) is 0 Å². The van der Waals surface area contributed by atoms with Gasteiger partial charge in [0.15, 0.2) is 0 Å². The van der Waals surface area contributed by atoms with Gasteiger partial charge in [0.05, 0.1) is 19.0 Å². The fraction of sp³-hybridized carbons (Fsp3) is 0.417. The summed E-state index contributed by atoms with van der Waals surface area (Å²) in [4.78, 5) is 130. The molecule has 0 aliphatic carbocycles. The van der Waals surface area contributed by atoms with Crippen molar-refractivity contribution < 1.29 is 61.8 Å². The molecule has 4 rings (SSSR count). The molecule has 0 spiro atoms. The molecular weight excluding hydrogens is 931 g/mol. The molecule has 1 aliphatic rings. The Balaban J connectivity index is 1.61. The van der Waals surface area contributed by atoms with Crippen LogP contribution in [-0.2, 0) is 54.5 Å². The highest BCUT2D eigenvalue weighted by molar-refractivity contribution is 6.14. The van der Waals surface area contributed by atoms with Crippen LogP contribution in [0.5, 0.6) is 0 Å². The number of nitrogens with zero attached hydrogens (tertiary/aromatic N) is 3. The van der Waals surface area contributed by atoms with Crippen molar-refractivity contribution in [3.63, 3.8) is 0 Å². The van der Waals surface area contributed by atoms with Crippen LogP contribution in [0.1, 0.15) is 71.2 Å². The summed E-state index contributed by atoms with van der Waals surface area (Å²) in [5.41, 5.74) is 6.08. The zero-order valence-electron chi connectivity index (χ0n) is 40.0. The van der Waals surface area contributed by atoms with Crippen LogP contribution in [0.3, 0.4) is 0 Å². The van der Waals surface area contributed by atoms with Crippen molar-refractivity contribution in [2.45, 2.75) is 84.6 Å². The van der Waals surface area contributed by atoms with E-state index in [0.717, 1.165) is 35.9 Å². The summed E-state index contributed by atoms with van der Waals surface area (Å²) in [5, 5.41) is 24.9. The van der Waals surface area contributed by atoms with Gasteiger partial charge in [-0.05, 0) is 48.6 Å². The van der Waals surface area contributed by atoms with Crippen LogP contribution in [0.4, 0.5) is 8.78 Å². The Labute approximate surface area is 408 Å². The van der Waals surface area contributed by atoms with Crippen molar-refractivity contribution in [3.05, 3.63) is 95.8 Å². The lowest BCUT2D eigenvalue weighted by molar-refractivity contribution is -0.141. The number of halogens is 2. The van der Waals surface area contributed by atoms with Crippen molar-refractivity contribution in [2.24, 2.45) is 11.1 Å². The highest BCUT2D eigenvalue weighted by Crippen LogP contribution is 2.41. The van der Waals surface area contributed by atoms with E-state index in [2.05, 4.69) is 31.9 Å². The van der Waals surface area contributed by atoms with Crippen LogP contribution in [0.15, 0.2) is 72.9 Å². The Kier molecular flexibility index (Phi) is 20.2. The van der Waals surface area contributed by atoms with E-state index in [1.807, 2.05) is 51.1 Å². The Morgan fingerprint density at radius 2 is 1.44 bits per heavy atom. The number of benzene rings is 2. The fourth-order valence-electron chi connectivity index (χ4n) is 7.58. The molecule has 382 valence electrons. The summed E-state index contributed by atoms with van der Waals surface area (Å²) in [5.74, 6) is -9.62. The largest absolute Gasteiger partial charge is 0.387 e. The van der Waals surface area contributed by atoms with Crippen LogP contribution in [0.25, 0.3) is 11.1 Å². The number of imide groups is 1. The predicted octanol–water partition coefficient (Wildman–Crippen LogP) is -0.187. The van der Waals surface area contributed by atoms with Gasteiger partial charge in [0.25, 0.3) is 11.8 Å². The Bertz CT molecular complexity index is 2490. The number of carbonyl (C=O) groups is 10. The van der Waals surface area contributed by atoms with Crippen molar-refractivity contribution in [2.75, 3.05) is 39.3 Å². The SMILES string of the molecule is CCC(=O)NCCNC(=O)[C@H](CCN(C(=O)CO)[C@@H](c1cc(-c2cc(F)ccc2F)cn1Cc1ccccc1)C(C)(C)C)NC(=O)[C@H](CC(N)=O)NC(=O)[C@H](C)NC(=O)CNC(=O)CN1C(=O)C=CC1=O. The van der Waals surface area contributed by atoms with Gasteiger partial charge in [0.2, 0.25) is 47.3 Å². The Morgan fingerprint density at radius 3 is 2.06 bits per heavy atom. The zero-order chi connectivity index (χ0) is 52.6. The third-order valence-corrected chi connectivity index (χ3v) is 11.0. The highest BCUT2D eigenvalue weighted by Gasteiger charge is 2.38. The number of aliphatic hydroxyl groups is 1. The van der Waals surface area contributed by atoms with Gasteiger partial charge in [0, 0.05) is 67.8 Å². The molecule has 0 unspecified atom stereocenters. The average Bonchev–Trinajstić information content (AvgIpc) is 3.87. The van der Waals surface area contributed by atoms with E-state index >= 15 is 4.39 Å². The van der Waals surface area contributed by atoms with Crippen LogP contribution in [0.2, 0.25) is 0 Å². The number of nitrogens with two attached hydrogens (primary N) is 1. The summed E-state index contributed by atoms with van der Waals surface area (Å²) in [6, 6.07) is 8.22.